The predicted molar refractivity (Wildman–Crippen MR) is 106 cm³/mol. The molecule has 1 aliphatic heterocycles. The molecular formula is C21H19ClN2O2. The van der Waals surface area contributed by atoms with Crippen LogP contribution >= 0.6 is 11.6 Å². The second kappa shape index (κ2) is 6.61. The minimum absolute atomic E-state index is 0.0584. The lowest BCUT2D eigenvalue weighted by Crippen LogP contribution is -2.20. The highest BCUT2D eigenvalue weighted by atomic mass is 35.5. The summed E-state index contributed by atoms with van der Waals surface area (Å²) < 4.78 is 5.83. The van der Waals surface area contributed by atoms with E-state index in [0.29, 0.717) is 29.0 Å². The van der Waals surface area contributed by atoms with Crippen molar-refractivity contribution in [3.05, 3.63) is 69.5 Å². The minimum Gasteiger partial charge on any atom is -0.475 e. The molecule has 1 N–H and O–H groups in total. The molecule has 4 nitrogen and oxygen atoms in total. The zero-order valence-corrected chi connectivity index (χ0v) is 15.4. The van der Waals surface area contributed by atoms with Crippen molar-refractivity contribution in [3.8, 4) is 11.1 Å². The van der Waals surface area contributed by atoms with Crippen LogP contribution in [0.1, 0.15) is 19.4 Å². The molecule has 26 heavy (non-hydrogen) atoms. The molecular weight excluding hydrogens is 348 g/mol. The summed E-state index contributed by atoms with van der Waals surface area (Å²) in [4.78, 5) is 20.5. The van der Waals surface area contributed by atoms with Crippen LogP contribution in [-0.4, -0.2) is 23.5 Å². The summed E-state index contributed by atoms with van der Waals surface area (Å²) >= 11 is 6.24. The minimum atomic E-state index is -0.207. The van der Waals surface area contributed by atoms with Crippen molar-refractivity contribution in [1.29, 1.82) is 0 Å². The molecule has 1 aromatic heterocycles. The number of hydrogen-bond donors (Lipinski definition) is 1. The SMILES string of the molecule is CC(C)C1COC(c2c(-c3ccccc3)c3cc(Cl)ccc3[nH]c2=O)=N1. The van der Waals surface area contributed by atoms with Crippen LogP contribution in [0.5, 0.6) is 0 Å². The zero-order chi connectivity index (χ0) is 18.3. The molecule has 0 radical (unpaired) electrons. The first-order chi connectivity index (χ1) is 12.5. The predicted octanol–water partition coefficient (Wildman–Crippen LogP) is 4.65. The molecule has 1 unspecified atom stereocenters. The van der Waals surface area contributed by atoms with Gasteiger partial charge in [-0.15, -0.1) is 0 Å². The van der Waals surface area contributed by atoms with Crippen molar-refractivity contribution in [2.24, 2.45) is 10.9 Å². The van der Waals surface area contributed by atoms with Crippen LogP contribution < -0.4 is 5.56 Å². The van der Waals surface area contributed by atoms with Crippen molar-refractivity contribution in [2.45, 2.75) is 19.9 Å². The van der Waals surface area contributed by atoms with Crippen LogP contribution in [0.4, 0.5) is 0 Å². The number of aromatic nitrogens is 1. The first-order valence-electron chi connectivity index (χ1n) is 8.66. The Balaban J connectivity index is 2.05. The molecule has 0 amide bonds. The third-order valence-electron chi connectivity index (χ3n) is 4.70. The van der Waals surface area contributed by atoms with Crippen LogP contribution in [0.3, 0.4) is 0 Å². The standard InChI is InChI=1S/C21H19ClN2O2/c1-12(2)17-11-26-21(24-17)19-18(13-6-4-3-5-7-13)15-10-14(22)8-9-16(15)23-20(19)25/h3-10,12,17H,11H2,1-2H3,(H,23,25). The fourth-order valence-electron chi connectivity index (χ4n) is 3.24. The third kappa shape index (κ3) is 2.90. The molecule has 1 aliphatic rings. The number of H-pyrrole nitrogens is 1. The summed E-state index contributed by atoms with van der Waals surface area (Å²) in [5.41, 5.74) is 2.73. The van der Waals surface area contributed by atoms with E-state index in [1.807, 2.05) is 42.5 Å². The smallest absolute Gasteiger partial charge is 0.261 e. The third-order valence-corrected chi connectivity index (χ3v) is 4.93. The maximum Gasteiger partial charge on any atom is 0.261 e. The van der Waals surface area contributed by atoms with Gasteiger partial charge < -0.3 is 9.72 Å². The van der Waals surface area contributed by atoms with Crippen LogP contribution in [0.25, 0.3) is 22.0 Å². The highest BCUT2D eigenvalue weighted by molar-refractivity contribution is 6.31. The lowest BCUT2D eigenvalue weighted by Gasteiger charge is -2.13. The number of ether oxygens (including phenoxy) is 1. The largest absolute Gasteiger partial charge is 0.475 e. The van der Waals surface area contributed by atoms with Gasteiger partial charge in [0, 0.05) is 21.5 Å². The van der Waals surface area contributed by atoms with Crippen molar-refractivity contribution < 1.29 is 4.74 Å². The van der Waals surface area contributed by atoms with E-state index in [1.54, 1.807) is 6.07 Å². The second-order valence-corrected chi connectivity index (χ2v) is 7.25. The molecule has 1 atom stereocenters. The Morgan fingerprint density at radius 3 is 2.62 bits per heavy atom. The van der Waals surface area contributed by atoms with Crippen LogP contribution in [0, 0.1) is 5.92 Å². The summed E-state index contributed by atoms with van der Waals surface area (Å²) in [6.45, 7) is 4.69. The first kappa shape index (κ1) is 16.9. The number of rotatable bonds is 3. The Labute approximate surface area is 156 Å². The lowest BCUT2D eigenvalue weighted by molar-refractivity contribution is 0.291. The number of benzene rings is 2. The first-order valence-corrected chi connectivity index (χ1v) is 9.04. The fourth-order valence-corrected chi connectivity index (χ4v) is 3.41. The van der Waals surface area contributed by atoms with Gasteiger partial charge in [-0.1, -0.05) is 55.8 Å². The number of halogens is 1. The Morgan fingerprint density at radius 2 is 1.92 bits per heavy atom. The highest BCUT2D eigenvalue weighted by Crippen LogP contribution is 2.32. The monoisotopic (exact) mass is 366 g/mol. The molecule has 0 saturated heterocycles. The van der Waals surface area contributed by atoms with E-state index in [2.05, 4.69) is 23.8 Å². The maximum absolute atomic E-state index is 12.9. The van der Waals surface area contributed by atoms with Gasteiger partial charge in [-0.3, -0.25) is 4.79 Å². The fraction of sp³-hybridized carbons (Fsp3) is 0.238. The van der Waals surface area contributed by atoms with Gasteiger partial charge in [-0.05, 0) is 29.7 Å². The van der Waals surface area contributed by atoms with E-state index in [9.17, 15) is 4.79 Å². The van der Waals surface area contributed by atoms with Crippen molar-refractivity contribution in [3.63, 3.8) is 0 Å². The molecule has 0 aliphatic carbocycles. The van der Waals surface area contributed by atoms with E-state index < -0.39 is 0 Å². The lowest BCUT2D eigenvalue weighted by atomic mass is 9.96. The van der Waals surface area contributed by atoms with Crippen LogP contribution in [0.2, 0.25) is 5.02 Å². The molecule has 0 fully saturated rings. The zero-order valence-electron chi connectivity index (χ0n) is 14.6. The molecule has 3 aromatic rings. The molecule has 2 heterocycles. The number of nitrogens with one attached hydrogen (secondary N) is 1. The number of pyridine rings is 1. The summed E-state index contributed by atoms with van der Waals surface area (Å²) in [5, 5.41) is 1.49. The molecule has 132 valence electrons. The Morgan fingerprint density at radius 1 is 1.15 bits per heavy atom. The van der Waals surface area contributed by atoms with Crippen molar-refractivity contribution >= 4 is 28.4 Å². The topological polar surface area (TPSA) is 54.5 Å². The number of fused-ring (bicyclic) bond motifs is 1. The highest BCUT2D eigenvalue weighted by Gasteiger charge is 2.28. The normalized spacial score (nSPS) is 16.8. The second-order valence-electron chi connectivity index (χ2n) is 6.82. The Kier molecular flexibility index (Phi) is 4.29. The van der Waals surface area contributed by atoms with E-state index in [-0.39, 0.29) is 11.6 Å². The molecule has 5 heteroatoms. The van der Waals surface area contributed by atoms with Crippen LogP contribution in [0.15, 0.2) is 58.3 Å². The van der Waals surface area contributed by atoms with E-state index in [4.69, 9.17) is 16.3 Å². The van der Waals surface area contributed by atoms with Gasteiger partial charge >= 0.3 is 0 Å². The number of aliphatic imine (C=N–C) groups is 1. The van der Waals surface area contributed by atoms with Crippen LogP contribution in [-0.2, 0) is 4.74 Å². The van der Waals surface area contributed by atoms with E-state index >= 15 is 0 Å². The van der Waals surface area contributed by atoms with Gasteiger partial charge in [-0.2, -0.15) is 0 Å². The summed E-state index contributed by atoms with van der Waals surface area (Å²) in [5.74, 6) is 0.757. The molecule has 2 aromatic carbocycles. The summed E-state index contributed by atoms with van der Waals surface area (Å²) in [6, 6.07) is 15.3. The molecule has 0 spiro atoms. The Bertz CT molecular complexity index is 1050. The van der Waals surface area contributed by atoms with E-state index in [1.165, 1.54) is 0 Å². The average molecular weight is 367 g/mol. The van der Waals surface area contributed by atoms with Gasteiger partial charge in [0.25, 0.3) is 5.56 Å². The van der Waals surface area contributed by atoms with Gasteiger partial charge in [0.15, 0.2) is 0 Å². The van der Waals surface area contributed by atoms with Gasteiger partial charge in [0.05, 0.1) is 6.04 Å². The molecule has 0 bridgehead atoms. The number of aromatic amines is 1. The van der Waals surface area contributed by atoms with Gasteiger partial charge in [-0.25, -0.2) is 4.99 Å². The van der Waals surface area contributed by atoms with Crippen molar-refractivity contribution in [2.75, 3.05) is 6.61 Å². The average Bonchev–Trinajstić information content (AvgIpc) is 3.12. The Hall–Kier alpha value is -2.59. The van der Waals surface area contributed by atoms with Gasteiger partial charge in [0.1, 0.15) is 12.2 Å². The molecule has 0 saturated carbocycles. The number of hydrogen-bond acceptors (Lipinski definition) is 3. The molecule has 4 rings (SSSR count). The quantitative estimate of drug-likeness (QED) is 0.733. The summed E-state index contributed by atoms with van der Waals surface area (Å²) in [6.07, 6.45) is 0. The number of nitrogens with zero attached hydrogens (tertiary/aromatic N) is 1. The van der Waals surface area contributed by atoms with Crippen molar-refractivity contribution in [1.82, 2.24) is 4.98 Å². The van der Waals surface area contributed by atoms with E-state index in [0.717, 1.165) is 22.0 Å². The van der Waals surface area contributed by atoms with Gasteiger partial charge in [0.2, 0.25) is 5.90 Å². The maximum atomic E-state index is 12.9. The summed E-state index contributed by atoms with van der Waals surface area (Å²) in [7, 11) is 0.